The minimum absolute atomic E-state index is 0.0342. The summed E-state index contributed by atoms with van der Waals surface area (Å²) in [6.45, 7) is 0.528. The van der Waals surface area contributed by atoms with E-state index in [1.807, 2.05) is 0 Å². The van der Waals surface area contributed by atoms with Crippen molar-refractivity contribution in [2.24, 2.45) is 5.11 Å². The Kier molecular flexibility index (Phi) is 4.69. The third kappa shape index (κ3) is 4.34. The van der Waals surface area contributed by atoms with E-state index in [0.29, 0.717) is 11.3 Å². The molecule has 0 aromatic heterocycles. The fraction of sp³-hybridized carbons (Fsp3) is 0.300. The first-order valence-corrected chi connectivity index (χ1v) is 4.67. The van der Waals surface area contributed by atoms with Gasteiger partial charge >= 0.3 is 5.97 Å². The van der Waals surface area contributed by atoms with Gasteiger partial charge in [0.1, 0.15) is 5.75 Å². The van der Waals surface area contributed by atoms with E-state index in [9.17, 15) is 4.79 Å². The number of benzene rings is 1. The third-order valence-corrected chi connectivity index (χ3v) is 1.78. The van der Waals surface area contributed by atoms with Gasteiger partial charge in [-0.2, -0.15) is 0 Å². The molecule has 0 radical (unpaired) electrons. The summed E-state index contributed by atoms with van der Waals surface area (Å²) in [6.07, 6.45) is -0.0342. The smallest absolute Gasteiger partial charge is 0.307 e. The molecule has 0 aliphatic heterocycles. The van der Waals surface area contributed by atoms with Gasteiger partial charge in [0, 0.05) is 4.91 Å². The molecule has 1 rings (SSSR count). The zero-order chi connectivity index (χ0) is 11.8. The molecule has 0 saturated heterocycles. The molecule has 0 unspecified atom stereocenters. The molecule has 0 aliphatic rings. The number of hydrogen-bond acceptors (Lipinski definition) is 3. The second kappa shape index (κ2) is 6.31. The third-order valence-electron chi connectivity index (χ3n) is 1.78. The molecule has 6 heteroatoms. The minimum atomic E-state index is -0.883. The van der Waals surface area contributed by atoms with Crippen molar-refractivity contribution in [2.45, 2.75) is 6.42 Å². The van der Waals surface area contributed by atoms with Crippen LogP contribution in [0.5, 0.6) is 5.75 Å². The molecule has 0 spiro atoms. The summed E-state index contributed by atoms with van der Waals surface area (Å²) in [5, 5.41) is 11.9. The number of carboxylic acid groups (broad SMARTS) is 1. The molecule has 16 heavy (non-hydrogen) atoms. The van der Waals surface area contributed by atoms with Gasteiger partial charge in [-0.15, -0.1) is 0 Å². The van der Waals surface area contributed by atoms with Crippen LogP contribution in [0.4, 0.5) is 0 Å². The number of azide groups is 1. The molecule has 1 aromatic rings. The summed E-state index contributed by atoms with van der Waals surface area (Å²) in [6, 6.07) is 6.82. The maximum absolute atomic E-state index is 10.5. The van der Waals surface area contributed by atoms with Crippen LogP contribution in [0.3, 0.4) is 0 Å². The van der Waals surface area contributed by atoms with E-state index in [4.69, 9.17) is 15.4 Å². The lowest BCUT2D eigenvalue weighted by Crippen LogP contribution is -2.02. The number of carboxylic acids is 1. The molecule has 0 aliphatic carbocycles. The predicted molar refractivity (Wildman–Crippen MR) is 57.3 cm³/mol. The Labute approximate surface area is 92.1 Å². The highest BCUT2D eigenvalue weighted by molar-refractivity contribution is 5.70. The van der Waals surface area contributed by atoms with Crippen LogP contribution in [0.2, 0.25) is 0 Å². The molecule has 84 valence electrons. The van der Waals surface area contributed by atoms with Gasteiger partial charge in [-0.1, -0.05) is 17.2 Å². The van der Waals surface area contributed by atoms with Crippen LogP contribution < -0.4 is 4.74 Å². The van der Waals surface area contributed by atoms with E-state index >= 15 is 0 Å². The van der Waals surface area contributed by atoms with Crippen LogP contribution in [-0.2, 0) is 11.2 Å². The Morgan fingerprint density at radius 1 is 1.56 bits per heavy atom. The van der Waals surface area contributed by atoms with Crippen LogP contribution in [-0.4, -0.2) is 24.2 Å². The fourth-order valence-electron chi connectivity index (χ4n) is 1.17. The Hall–Kier alpha value is -2.20. The van der Waals surface area contributed by atoms with Gasteiger partial charge < -0.3 is 9.84 Å². The van der Waals surface area contributed by atoms with Crippen molar-refractivity contribution in [3.05, 3.63) is 40.3 Å². The molecular weight excluding hydrogens is 210 g/mol. The summed E-state index contributed by atoms with van der Waals surface area (Å²) in [4.78, 5) is 13.1. The van der Waals surface area contributed by atoms with Gasteiger partial charge in [-0.05, 0) is 23.2 Å². The van der Waals surface area contributed by atoms with Gasteiger partial charge in [0.2, 0.25) is 0 Å². The highest BCUT2D eigenvalue weighted by atomic mass is 16.5. The normalized spacial score (nSPS) is 9.25. The molecule has 0 saturated carbocycles. The van der Waals surface area contributed by atoms with E-state index in [1.165, 1.54) is 0 Å². The summed E-state index contributed by atoms with van der Waals surface area (Å²) in [7, 11) is 0. The first kappa shape index (κ1) is 11.9. The summed E-state index contributed by atoms with van der Waals surface area (Å²) >= 11 is 0. The summed E-state index contributed by atoms with van der Waals surface area (Å²) in [5.74, 6) is -0.307. The van der Waals surface area contributed by atoms with Crippen molar-refractivity contribution < 1.29 is 14.6 Å². The molecule has 0 atom stereocenters. The topological polar surface area (TPSA) is 95.3 Å². The van der Waals surface area contributed by atoms with Crippen molar-refractivity contribution in [3.8, 4) is 5.75 Å². The van der Waals surface area contributed by atoms with E-state index in [1.54, 1.807) is 24.3 Å². The van der Waals surface area contributed by atoms with Gasteiger partial charge in [0.15, 0.2) is 0 Å². The molecule has 6 nitrogen and oxygen atoms in total. The van der Waals surface area contributed by atoms with Crippen molar-refractivity contribution in [1.29, 1.82) is 0 Å². The highest BCUT2D eigenvalue weighted by Gasteiger charge is 2.01. The fourth-order valence-corrected chi connectivity index (χ4v) is 1.17. The largest absolute Gasteiger partial charge is 0.493 e. The Morgan fingerprint density at radius 2 is 2.38 bits per heavy atom. The number of hydrogen-bond donors (Lipinski definition) is 1. The summed E-state index contributed by atoms with van der Waals surface area (Å²) < 4.78 is 5.27. The maximum atomic E-state index is 10.5. The van der Waals surface area contributed by atoms with Gasteiger partial charge in [-0.25, -0.2) is 0 Å². The first-order chi connectivity index (χ1) is 7.72. The Bertz CT molecular complexity index is 414. The molecule has 0 bridgehead atoms. The Balaban J connectivity index is 2.53. The molecule has 1 aromatic carbocycles. The minimum Gasteiger partial charge on any atom is -0.493 e. The van der Waals surface area contributed by atoms with Crippen molar-refractivity contribution in [1.82, 2.24) is 0 Å². The SMILES string of the molecule is [N-]=[N+]=NCCOc1cccc(CC(=O)O)c1. The second-order valence-corrected chi connectivity index (χ2v) is 3.02. The maximum Gasteiger partial charge on any atom is 0.307 e. The zero-order valence-corrected chi connectivity index (χ0v) is 8.54. The number of nitrogens with zero attached hydrogens (tertiary/aromatic N) is 3. The predicted octanol–water partition coefficient (Wildman–Crippen LogP) is 2.00. The molecule has 0 fully saturated rings. The van der Waals surface area contributed by atoms with Gasteiger partial charge in [0.05, 0.1) is 19.6 Å². The number of rotatable bonds is 6. The van der Waals surface area contributed by atoms with Crippen molar-refractivity contribution >= 4 is 5.97 Å². The van der Waals surface area contributed by atoms with E-state index in [0.717, 1.165) is 0 Å². The van der Waals surface area contributed by atoms with Crippen LogP contribution in [0, 0.1) is 0 Å². The van der Waals surface area contributed by atoms with Gasteiger partial charge in [0.25, 0.3) is 0 Å². The lowest BCUT2D eigenvalue weighted by atomic mass is 10.1. The standard InChI is InChI=1S/C10H11N3O3/c11-13-12-4-5-16-9-3-1-2-8(6-9)7-10(14)15/h1-3,6H,4-5,7H2,(H,14,15). The lowest BCUT2D eigenvalue weighted by Gasteiger charge is -2.05. The van der Waals surface area contributed by atoms with Crippen LogP contribution in [0.1, 0.15) is 5.56 Å². The number of ether oxygens (including phenoxy) is 1. The van der Waals surface area contributed by atoms with E-state index < -0.39 is 5.97 Å². The number of aliphatic carboxylic acids is 1. The quantitative estimate of drug-likeness (QED) is 0.344. The van der Waals surface area contributed by atoms with Crippen LogP contribution >= 0.6 is 0 Å². The number of carbonyl (C=O) groups is 1. The lowest BCUT2D eigenvalue weighted by molar-refractivity contribution is -0.136. The molecule has 0 amide bonds. The van der Waals surface area contributed by atoms with Crippen LogP contribution in [0.15, 0.2) is 29.4 Å². The highest BCUT2D eigenvalue weighted by Crippen LogP contribution is 2.13. The average Bonchev–Trinajstić information content (AvgIpc) is 2.24. The van der Waals surface area contributed by atoms with Crippen LogP contribution in [0.25, 0.3) is 10.4 Å². The van der Waals surface area contributed by atoms with Crippen molar-refractivity contribution in [2.75, 3.05) is 13.2 Å². The monoisotopic (exact) mass is 221 g/mol. The van der Waals surface area contributed by atoms with Crippen molar-refractivity contribution in [3.63, 3.8) is 0 Å². The molecule has 0 heterocycles. The molecular formula is C10H11N3O3. The van der Waals surface area contributed by atoms with E-state index in [-0.39, 0.29) is 19.6 Å². The summed E-state index contributed by atoms with van der Waals surface area (Å²) in [5.41, 5.74) is 8.72. The molecule has 1 N–H and O–H groups in total. The first-order valence-electron chi connectivity index (χ1n) is 4.67. The van der Waals surface area contributed by atoms with E-state index in [2.05, 4.69) is 10.0 Å². The average molecular weight is 221 g/mol. The second-order valence-electron chi connectivity index (χ2n) is 3.02. The Morgan fingerprint density at radius 3 is 3.06 bits per heavy atom. The van der Waals surface area contributed by atoms with Gasteiger partial charge in [-0.3, -0.25) is 4.79 Å². The zero-order valence-electron chi connectivity index (χ0n) is 8.54.